The smallest absolute Gasteiger partial charge is 0.261 e. The molecule has 0 saturated carbocycles. The predicted octanol–water partition coefficient (Wildman–Crippen LogP) is 5.32. The largest absolute Gasteiger partial charge is 0.483 e. The Bertz CT molecular complexity index is 911. The second-order valence-electron chi connectivity index (χ2n) is 7.87. The van der Waals surface area contributed by atoms with E-state index in [1.165, 1.54) is 4.90 Å². The number of carbonyl (C=O) groups is 2. The van der Waals surface area contributed by atoms with Crippen molar-refractivity contribution < 1.29 is 14.3 Å². The Morgan fingerprint density at radius 2 is 1.74 bits per heavy atom. The van der Waals surface area contributed by atoms with Gasteiger partial charge < -0.3 is 15.0 Å². The van der Waals surface area contributed by atoms with Gasteiger partial charge >= 0.3 is 0 Å². The first-order valence-corrected chi connectivity index (χ1v) is 11.1. The number of rotatable bonds is 9. The van der Waals surface area contributed by atoms with E-state index in [4.69, 9.17) is 27.9 Å². The predicted molar refractivity (Wildman–Crippen MR) is 126 cm³/mol. The summed E-state index contributed by atoms with van der Waals surface area (Å²) >= 11 is 12.7. The first-order chi connectivity index (χ1) is 14.6. The number of halogens is 2. The van der Waals surface area contributed by atoms with Crippen molar-refractivity contribution in [3.8, 4) is 5.75 Å². The highest BCUT2D eigenvalue weighted by Crippen LogP contribution is 2.27. The molecule has 0 aliphatic carbocycles. The molecule has 2 amide bonds. The van der Waals surface area contributed by atoms with Crippen LogP contribution in [0.2, 0.25) is 10.0 Å². The average molecular weight is 465 g/mol. The summed E-state index contributed by atoms with van der Waals surface area (Å²) in [5, 5.41) is 3.78. The van der Waals surface area contributed by atoms with Gasteiger partial charge in [0, 0.05) is 28.2 Å². The number of ether oxygens (including phenoxy) is 1. The molecular weight excluding hydrogens is 435 g/mol. The maximum Gasteiger partial charge on any atom is 0.261 e. The molecule has 2 aromatic rings. The van der Waals surface area contributed by atoms with E-state index in [0.29, 0.717) is 27.8 Å². The van der Waals surface area contributed by atoms with Gasteiger partial charge in [0.1, 0.15) is 11.8 Å². The normalized spacial score (nSPS) is 11.9. The number of aryl methyl sites for hydroxylation is 2. The molecule has 31 heavy (non-hydrogen) atoms. The lowest BCUT2D eigenvalue weighted by molar-refractivity contribution is -0.143. The van der Waals surface area contributed by atoms with Gasteiger partial charge in [-0.1, -0.05) is 48.3 Å². The molecule has 0 spiro atoms. The van der Waals surface area contributed by atoms with Crippen molar-refractivity contribution in [2.45, 2.75) is 59.7 Å². The zero-order chi connectivity index (χ0) is 23.1. The lowest BCUT2D eigenvalue weighted by Gasteiger charge is -2.31. The van der Waals surface area contributed by atoms with Gasteiger partial charge in [-0.15, -0.1) is 0 Å². The fourth-order valence-corrected chi connectivity index (χ4v) is 3.76. The van der Waals surface area contributed by atoms with Crippen LogP contribution in [0.3, 0.4) is 0 Å². The maximum absolute atomic E-state index is 13.3. The summed E-state index contributed by atoms with van der Waals surface area (Å²) in [4.78, 5) is 27.6. The molecule has 168 valence electrons. The number of nitrogens with zero attached hydrogens (tertiary/aromatic N) is 1. The first-order valence-electron chi connectivity index (χ1n) is 10.4. The van der Waals surface area contributed by atoms with Gasteiger partial charge in [0.05, 0.1) is 0 Å². The third-order valence-corrected chi connectivity index (χ3v) is 5.61. The van der Waals surface area contributed by atoms with Gasteiger partial charge in [-0.2, -0.15) is 0 Å². The molecule has 0 aliphatic rings. The van der Waals surface area contributed by atoms with Crippen molar-refractivity contribution in [1.29, 1.82) is 0 Å². The number of amides is 2. The Hall–Kier alpha value is -2.24. The Morgan fingerprint density at radius 3 is 2.32 bits per heavy atom. The van der Waals surface area contributed by atoms with Gasteiger partial charge in [0.2, 0.25) is 5.91 Å². The van der Waals surface area contributed by atoms with Gasteiger partial charge in [0.15, 0.2) is 6.61 Å². The number of carbonyl (C=O) groups excluding carboxylic acids is 2. The highest BCUT2D eigenvalue weighted by Gasteiger charge is 2.30. The van der Waals surface area contributed by atoms with Crippen LogP contribution >= 0.6 is 23.2 Å². The minimum absolute atomic E-state index is 0.0476. The Balaban J connectivity index is 2.31. The van der Waals surface area contributed by atoms with Crippen molar-refractivity contribution in [1.82, 2.24) is 10.2 Å². The van der Waals surface area contributed by atoms with E-state index in [2.05, 4.69) is 5.32 Å². The lowest BCUT2D eigenvalue weighted by atomic mass is 10.1. The van der Waals surface area contributed by atoms with Gasteiger partial charge in [-0.25, -0.2) is 0 Å². The topological polar surface area (TPSA) is 58.6 Å². The van der Waals surface area contributed by atoms with E-state index in [-0.39, 0.29) is 31.0 Å². The molecular formula is C24H30Cl2N2O3. The monoisotopic (exact) mass is 464 g/mol. The van der Waals surface area contributed by atoms with Crippen LogP contribution < -0.4 is 10.1 Å². The molecule has 0 aromatic heterocycles. The zero-order valence-electron chi connectivity index (χ0n) is 18.7. The molecule has 0 heterocycles. The second-order valence-corrected chi connectivity index (χ2v) is 8.68. The summed E-state index contributed by atoms with van der Waals surface area (Å²) in [6, 6.07) is 10.3. The van der Waals surface area contributed by atoms with E-state index in [9.17, 15) is 9.59 Å². The first kappa shape index (κ1) is 25.0. The molecule has 2 aromatic carbocycles. The van der Waals surface area contributed by atoms with Crippen molar-refractivity contribution in [2.24, 2.45) is 0 Å². The van der Waals surface area contributed by atoms with E-state index in [1.54, 1.807) is 18.2 Å². The average Bonchev–Trinajstić information content (AvgIpc) is 2.69. The minimum Gasteiger partial charge on any atom is -0.483 e. The van der Waals surface area contributed by atoms with Gasteiger partial charge in [-0.05, 0) is 63.4 Å². The number of nitrogens with one attached hydrogen (secondary N) is 1. The van der Waals surface area contributed by atoms with E-state index < -0.39 is 6.04 Å². The van der Waals surface area contributed by atoms with Crippen LogP contribution in [0, 0.1) is 13.8 Å². The van der Waals surface area contributed by atoms with Crippen molar-refractivity contribution >= 4 is 35.0 Å². The Morgan fingerprint density at radius 1 is 1.10 bits per heavy atom. The summed E-state index contributed by atoms with van der Waals surface area (Å²) in [6.07, 6.45) is 0.440. The molecule has 0 aliphatic heterocycles. The number of hydrogen-bond acceptors (Lipinski definition) is 3. The Labute approximate surface area is 194 Å². The second kappa shape index (κ2) is 11.4. The maximum atomic E-state index is 13.3. The quantitative estimate of drug-likeness (QED) is 0.545. The summed E-state index contributed by atoms with van der Waals surface area (Å²) in [5.74, 6) is 0.104. The van der Waals surface area contributed by atoms with Crippen LogP contribution in [0.5, 0.6) is 5.75 Å². The van der Waals surface area contributed by atoms with Crippen LogP contribution in [-0.2, 0) is 16.1 Å². The molecule has 0 bridgehead atoms. The van der Waals surface area contributed by atoms with Crippen molar-refractivity contribution in [3.05, 3.63) is 63.1 Å². The SMILES string of the molecule is CC[C@H](C(=O)NC(C)C)N(Cc1c(Cl)cccc1Cl)C(=O)COc1cc(C)ccc1C. The zero-order valence-corrected chi connectivity index (χ0v) is 20.2. The molecule has 1 atom stereocenters. The highest BCUT2D eigenvalue weighted by atomic mass is 35.5. The molecule has 5 nitrogen and oxygen atoms in total. The fourth-order valence-electron chi connectivity index (χ4n) is 3.24. The molecule has 0 saturated heterocycles. The molecule has 0 unspecified atom stereocenters. The van der Waals surface area contributed by atoms with Crippen molar-refractivity contribution in [3.63, 3.8) is 0 Å². The van der Waals surface area contributed by atoms with E-state index >= 15 is 0 Å². The lowest BCUT2D eigenvalue weighted by Crippen LogP contribution is -2.51. The van der Waals surface area contributed by atoms with Crippen LogP contribution in [0.15, 0.2) is 36.4 Å². The third kappa shape index (κ3) is 6.88. The summed E-state index contributed by atoms with van der Waals surface area (Å²) in [7, 11) is 0. The fraction of sp³-hybridized carbons (Fsp3) is 0.417. The third-order valence-electron chi connectivity index (χ3n) is 4.90. The molecule has 2 rings (SSSR count). The highest BCUT2D eigenvalue weighted by molar-refractivity contribution is 6.36. The van der Waals surface area contributed by atoms with Crippen LogP contribution in [-0.4, -0.2) is 35.4 Å². The summed E-state index contributed by atoms with van der Waals surface area (Å²) < 4.78 is 5.83. The molecule has 1 N–H and O–H groups in total. The number of benzene rings is 2. The van der Waals surface area contributed by atoms with Crippen LogP contribution in [0.25, 0.3) is 0 Å². The summed E-state index contributed by atoms with van der Waals surface area (Å²) in [5.41, 5.74) is 2.57. The van der Waals surface area contributed by atoms with E-state index in [0.717, 1.165) is 11.1 Å². The molecule has 7 heteroatoms. The van der Waals surface area contributed by atoms with E-state index in [1.807, 2.05) is 52.8 Å². The standard InChI is InChI=1S/C24H30Cl2N2O3/c1-6-21(24(30)27-15(2)3)28(13-18-19(25)8-7-9-20(18)26)23(29)14-31-22-12-16(4)10-11-17(22)5/h7-12,15,21H,6,13-14H2,1-5H3,(H,27,30)/t21-/m1/s1. The van der Waals surface area contributed by atoms with Gasteiger partial charge in [0.25, 0.3) is 5.91 Å². The van der Waals surface area contributed by atoms with Crippen LogP contribution in [0.1, 0.15) is 43.9 Å². The van der Waals surface area contributed by atoms with Gasteiger partial charge in [-0.3, -0.25) is 9.59 Å². The molecule has 0 fully saturated rings. The summed E-state index contributed by atoms with van der Waals surface area (Å²) in [6.45, 7) is 9.42. The minimum atomic E-state index is -0.676. The van der Waals surface area contributed by atoms with Crippen molar-refractivity contribution in [2.75, 3.05) is 6.61 Å². The molecule has 0 radical (unpaired) electrons. The Kier molecular flexibility index (Phi) is 9.20. The number of hydrogen-bond donors (Lipinski definition) is 1. The van der Waals surface area contributed by atoms with Crippen LogP contribution in [0.4, 0.5) is 0 Å².